The number of nitrogens with one attached hydrogen (secondary N) is 1. The number of benzene rings is 1. The first-order valence-electron chi connectivity index (χ1n) is 4.74. The van der Waals surface area contributed by atoms with Crippen LogP contribution >= 0.6 is 23.4 Å². The Morgan fingerprint density at radius 3 is 2.88 bits per heavy atom. The van der Waals surface area contributed by atoms with Crippen LogP contribution in [0.15, 0.2) is 28.3 Å². The Bertz CT molecular complexity index is 497. The van der Waals surface area contributed by atoms with Gasteiger partial charge in [0.1, 0.15) is 5.82 Å². The zero-order chi connectivity index (χ0) is 11.5. The summed E-state index contributed by atoms with van der Waals surface area (Å²) in [5, 5.41) is 8.17. The molecule has 2 aromatic rings. The predicted octanol–water partition coefficient (Wildman–Crippen LogP) is 2.38. The van der Waals surface area contributed by atoms with Crippen molar-refractivity contribution in [3.8, 4) is 0 Å². The standard InChI is InChI=1S/C10H11ClN4S/c1-6-13-10(15-14-6)16-9-3-2-7(5-12)4-8(9)11/h2-4H,5,12H2,1H3,(H,13,14,15). The maximum atomic E-state index is 6.12. The molecule has 0 saturated heterocycles. The van der Waals surface area contributed by atoms with Crippen LogP contribution in [0.5, 0.6) is 0 Å². The number of aryl methyl sites for hydroxylation is 1. The summed E-state index contributed by atoms with van der Waals surface area (Å²) >= 11 is 7.55. The Morgan fingerprint density at radius 1 is 1.50 bits per heavy atom. The summed E-state index contributed by atoms with van der Waals surface area (Å²) in [4.78, 5) is 5.13. The van der Waals surface area contributed by atoms with Gasteiger partial charge in [-0.05, 0) is 36.4 Å². The Hall–Kier alpha value is -1.04. The van der Waals surface area contributed by atoms with Crippen molar-refractivity contribution in [1.29, 1.82) is 0 Å². The van der Waals surface area contributed by atoms with E-state index in [0.717, 1.165) is 16.3 Å². The van der Waals surface area contributed by atoms with Crippen LogP contribution < -0.4 is 5.73 Å². The zero-order valence-corrected chi connectivity index (χ0v) is 10.3. The normalized spacial score (nSPS) is 10.7. The minimum absolute atomic E-state index is 0.491. The number of hydrogen-bond acceptors (Lipinski definition) is 4. The number of nitrogens with zero attached hydrogens (tertiary/aromatic N) is 2. The third kappa shape index (κ3) is 2.55. The Balaban J connectivity index is 2.21. The van der Waals surface area contributed by atoms with Crippen molar-refractivity contribution in [1.82, 2.24) is 15.2 Å². The summed E-state index contributed by atoms with van der Waals surface area (Å²) in [5.74, 6) is 0.789. The fraction of sp³-hybridized carbons (Fsp3) is 0.200. The van der Waals surface area contributed by atoms with E-state index >= 15 is 0 Å². The molecular weight excluding hydrogens is 244 g/mol. The van der Waals surface area contributed by atoms with Gasteiger partial charge in [0.05, 0.1) is 5.02 Å². The molecule has 0 aliphatic rings. The highest BCUT2D eigenvalue weighted by Gasteiger charge is 2.07. The molecule has 0 amide bonds. The van der Waals surface area contributed by atoms with Gasteiger partial charge >= 0.3 is 0 Å². The van der Waals surface area contributed by atoms with Gasteiger partial charge in [0, 0.05) is 11.4 Å². The van der Waals surface area contributed by atoms with E-state index in [-0.39, 0.29) is 0 Å². The molecule has 0 unspecified atom stereocenters. The van der Waals surface area contributed by atoms with Crippen LogP contribution in [0.1, 0.15) is 11.4 Å². The van der Waals surface area contributed by atoms with Crippen LogP contribution in [0.25, 0.3) is 0 Å². The fourth-order valence-electron chi connectivity index (χ4n) is 1.22. The highest BCUT2D eigenvalue weighted by atomic mass is 35.5. The number of rotatable bonds is 3. The molecule has 16 heavy (non-hydrogen) atoms. The Labute approximate surface area is 103 Å². The van der Waals surface area contributed by atoms with Crippen LogP contribution in [-0.2, 0) is 6.54 Å². The highest BCUT2D eigenvalue weighted by Crippen LogP contribution is 2.31. The van der Waals surface area contributed by atoms with Crippen molar-refractivity contribution in [2.24, 2.45) is 5.73 Å². The van der Waals surface area contributed by atoms with Crippen LogP contribution in [0.2, 0.25) is 5.02 Å². The van der Waals surface area contributed by atoms with E-state index in [2.05, 4.69) is 15.2 Å². The summed E-state index contributed by atoms with van der Waals surface area (Å²) in [5.41, 5.74) is 6.54. The average Bonchev–Trinajstić information content (AvgIpc) is 2.67. The minimum Gasteiger partial charge on any atom is -0.326 e. The van der Waals surface area contributed by atoms with Crippen molar-refractivity contribution >= 4 is 23.4 Å². The molecule has 0 bridgehead atoms. The number of hydrogen-bond donors (Lipinski definition) is 2. The third-order valence-electron chi connectivity index (χ3n) is 2.01. The van der Waals surface area contributed by atoms with Gasteiger partial charge < -0.3 is 5.73 Å². The van der Waals surface area contributed by atoms with Gasteiger partial charge in [-0.15, -0.1) is 5.10 Å². The monoisotopic (exact) mass is 254 g/mol. The van der Waals surface area contributed by atoms with Gasteiger partial charge in [0.25, 0.3) is 0 Å². The van der Waals surface area contributed by atoms with Gasteiger partial charge in [-0.3, -0.25) is 5.10 Å². The molecule has 84 valence electrons. The summed E-state index contributed by atoms with van der Waals surface area (Å²) in [7, 11) is 0. The lowest BCUT2D eigenvalue weighted by molar-refractivity contribution is 0.969. The van der Waals surface area contributed by atoms with E-state index < -0.39 is 0 Å². The van der Waals surface area contributed by atoms with Crippen molar-refractivity contribution in [3.63, 3.8) is 0 Å². The molecule has 0 fully saturated rings. The van der Waals surface area contributed by atoms with E-state index in [1.54, 1.807) is 0 Å². The first-order valence-corrected chi connectivity index (χ1v) is 5.94. The van der Waals surface area contributed by atoms with E-state index in [1.165, 1.54) is 11.8 Å². The SMILES string of the molecule is Cc1nc(Sc2ccc(CN)cc2Cl)n[nH]1. The maximum Gasteiger partial charge on any atom is 0.213 e. The van der Waals surface area contributed by atoms with Crippen LogP contribution in [-0.4, -0.2) is 15.2 Å². The third-order valence-corrected chi connectivity index (χ3v) is 3.38. The second kappa shape index (κ2) is 4.86. The second-order valence-corrected chi connectivity index (χ2v) is 4.69. The van der Waals surface area contributed by atoms with Gasteiger partial charge in [-0.1, -0.05) is 17.7 Å². The number of halogens is 1. The van der Waals surface area contributed by atoms with Crippen molar-refractivity contribution in [2.75, 3.05) is 0 Å². The first-order chi connectivity index (χ1) is 7.69. The molecule has 0 radical (unpaired) electrons. The largest absolute Gasteiger partial charge is 0.326 e. The lowest BCUT2D eigenvalue weighted by atomic mass is 10.2. The maximum absolute atomic E-state index is 6.12. The molecule has 1 heterocycles. The molecule has 0 aliphatic heterocycles. The molecule has 3 N–H and O–H groups in total. The van der Waals surface area contributed by atoms with Crippen LogP contribution in [0.4, 0.5) is 0 Å². The first kappa shape index (κ1) is 11.4. The van der Waals surface area contributed by atoms with Crippen molar-refractivity contribution in [2.45, 2.75) is 23.5 Å². The highest BCUT2D eigenvalue weighted by molar-refractivity contribution is 7.99. The van der Waals surface area contributed by atoms with Crippen molar-refractivity contribution in [3.05, 3.63) is 34.6 Å². The molecule has 0 saturated carbocycles. The molecule has 0 atom stereocenters. The van der Waals surface area contributed by atoms with Crippen LogP contribution in [0.3, 0.4) is 0 Å². The molecule has 4 nitrogen and oxygen atoms in total. The number of nitrogens with two attached hydrogens (primary N) is 1. The predicted molar refractivity (Wildman–Crippen MR) is 64.6 cm³/mol. The van der Waals surface area contributed by atoms with E-state index in [1.807, 2.05) is 25.1 Å². The molecule has 2 rings (SSSR count). The van der Waals surface area contributed by atoms with Gasteiger partial charge in [0.2, 0.25) is 5.16 Å². The number of aromatic nitrogens is 3. The summed E-state index contributed by atoms with van der Waals surface area (Å²) in [6.45, 7) is 2.35. The second-order valence-electron chi connectivity index (χ2n) is 3.27. The molecular formula is C10H11ClN4S. The Morgan fingerprint density at radius 2 is 2.31 bits per heavy atom. The molecule has 0 aliphatic carbocycles. The lowest BCUT2D eigenvalue weighted by Crippen LogP contribution is -1.95. The molecule has 0 spiro atoms. The van der Waals surface area contributed by atoms with Gasteiger partial charge in [-0.2, -0.15) is 0 Å². The molecule has 6 heteroatoms. The smallest absolute Gasteiger partial charge is 0.213 e. The summed E-state index contributed by atoms with van der Waals surface area (Å²) in [6, 6.07) is 5.75. The Kier molecular flexibility index (Phi) is 3.48. The van der Waals surface area contributed by atoms with Gasteiger partial charge in [-0.25, -0.2) is 4.98 Å². The van der Waals surface area contributed by atoms with E-state index in [9.17, 15) is 0 Å². The zero-order valence-electron chi connectivity index (χ0n) is 8.70. The average molecular weight is 255 g/mol. The minimum atomic E-state index is 0.491. The van der Waals surface area contributed by atoms with Crippen molar-refractivity contribution < 1.29 is 0 Å². The van der Waals surface area contributed by atoms with E-state index in [0.29, 0.717) is 16.7 Å². The molecule has 1 aromatic heterocycles. The lowest BCUT2D eigenvalue weighted by Gasteiger charge is -2.03. The molecule has 1 aromatic carbocycles. The number of aromatic amines is 1. The van der Waals surface area contributed by atoms with Gasteiger partial charge in [0.15, 0.2) is 0 Å². The summed E-state index contributed by atoms with van der Waals surface area (Å²) in [6.07, 6.45) is 0. The quantitative estimate of drug-likeness (QED) is 0.883. The number of H-pyrrole nitrogens is 1. The summed E-state index contributed by atoms with van der Waals surface area (Å²) < 4.78 is 0. The topological polar surface area (TPSA) is 67.6 Å². The van der Waals surface area contributed by atoms with E-state index in [4.69, 9.17) is 17.3 Å². The fourth-order valence-corrected chi connectivity index (χ4v) is 2.30. The van der Waals surface area contributed by atoms with Crippen LogP contribution in [0, 0.1) is 6.92 Å².